The highest BCUT2D eigenvalue weighted by Gasteiger charge is 2.46. The van der Waals surface area contributed by atoms with E-state index in [-0.39, 0.29) is 29.0 Å². The molecule has 170 valence electrons. The molecule has 5 nitrogen and oxygen atoms in total. The van der Waals surface area contributed by atoms with Crippen LogP contribution in [-0.2, 0) is 19.4 Å². The van der Waals surface area contributed by atoms with E-state index in [1.54, 1.807) is 18.2 Å². The molecule has 2 aromatic rings. The van der Waals surface area contributed by atoms with E-state index in [4.69, 9.17) is 0 Å². The van der Waals surface area contributed by atoms with Crippen LogP contribution in [0.3, 0.4) is 0 Å². The largest absolute Gasteiger partial charge is 0.504 e. The summed E-state index contributed by atoms with van der Waals surface area (Å²) in [6, 6.07) is 6.98. The molecular weight excluding hydrogens is 402 g/mol. The van der Waals surface area contributed by atoms with Crippen LogP contribution in [0.15, 0.2) is 47.6 Å². The molecule has 0 saturated heterocycles. The Bertz CT molecular complexity index is 1100. The van der Waals surface area contributed by atoms with Gasteiger partial charge in [-0.1, -0.05) is 23.3 Å². The predicted octanol–water partition coefficient (Wildman–Crippen LogP) is 5.37. The van der Waals surface area contributed by atoms with Crippen molar-refractivity contribution >= 4 is 0 Å². The van der Waals surface area contributed by atoms with Crippen LogP contribution in [0.25, 0.3) is 0 Å². The van der Waals surface area contributed by atoms with Gasteiger partial charge in [0.15, 0.2) is 23.0 Å². The zero-order chi connectivity index (χ0) is 23.0. The van der Waals surface area contributed by atoms with Crippen LogP contribution in [-0.4, -0.2) is 38.0 Å². The van der Waals surface area contributed by atoms with Gasteiger partial charge in [0.2, 0.25) is 0 Å². The minimum atomic E-state index is -0.0865. The van der Waals surface area contributed by atoms with Crippen molar-refractivity contribution in [1.82, 2.24) is 0 Å². The summed E-state index contributed by atoms with van der Waals surface area (Å²) in [5.41, 5.74) is 6.68. The van der Waals surface area contributed by atoms with Crippen LogP contribution in [0.1, 0.15) is 61.9 Å². The van der Waals surface area contributed by atoms with E-state index in [1.807, 2.05) is 6.07 Å². The minimum absolute atomic E-state index is 0.0120. The molecule has 2 aromatic carbocycles. The van der Waals surface area contributed by atoms with Gasteiger partial charge in [-0.05, 0) is 69.0 Å². The van der Waals surface area contributed by atoms with Crippen LogP contribution < -0.4 is 0 Å². The third-order valence-electron chi connectivity index (χ3n) is 7.22. The lowest BCUT2D eigenvalue weighted by Gasteiger charge is -2.51. The first-order chi connectivity index (χ1) is 15.2. The fraction of sp³-hybridized carbons (Fsp3) is 0.407. The second kappa shape index (κ2) is 8.55. The van der Waals surface area contributed by atoms with Gasteiger partial charge in [-0.3, -0.25) is 0 Å². The lowest BCUT2D eigenvalue weighted by molar-refractivity contribution is -0.968. The summed E-state index contributed by atoms with van der Waals surface area (Å²) in [5.74, 6) is -0.245. The number of allylic oxidation sites excluding steroid dienone is 3. The van der Waals surface area contributed by atoms with E-state index in [9.17, 15) is 20.4 Å². The van der Waals surface area contributed by atoms with Crippen LogP contribution in [0.4, 0.5) is 0 Å². The van der Waals surface area contributed by atoms with Gasteiger partial charge in [0.05, 0.1) is 18.7 Å². The van der Waals surface area contributed by atoms with Gasteiger partial charge < -0.3 is 24.9 Å². The smallest absolute Gasteiger partial charge is 0.166 e. The van der Waals surface area contributed by atoms with Crippen LogP contribution in [0.2, 0.25) is 0 Å². The maximum atomic E-state index is 10.6. The van der Waals surface area contributed by atoms with E-state index in [1.165, 1.54) is 11.1 Å². The summed E-state index contributed by atoms with van der Waals surface area (Å²) in [5, 5.41) is 41.0. The number of fused-ring (bicyclic) bond motifs is 4. The van der Waals surface area contributed by atoms with E-state index < -0.39 is 0 Å². The number of phenols is 4. The maximum Gasteiger partial charge on any atom is 0.166 e. The topological polar surface area (TPSA) is 80.9 Å². The van der Waals surface area contributed by atoms with Crippen molar-refractivity contribution in [2.45, 2.75) is 59.0 Å². The Morgan fingerprint density at radius 3 is 2.47 bits per heavy atom. The van der Waals surface area contributed by atoms with E-state index in [0.29, 0.717) is 13.0 Å². The molecule has 5 heteroatoms. The molecule has 0 bridgehead atoms. The molecule has 0 aliphatic carbocycles. The SMILES string of the molecule is CC(C)=CCC/C(C)=C/C[N@+]12CCc3cc(O)c(O)cc3[C@@H]1Cc1ccc(O)c(O)c1C2. The van der Waals surface area contributed by atoms with Crippen molar-refractivity contribution in [3.8, 4) is 23.0 Å². The van der Waals surface area contributed by atoms with E-state index >= 15 is 0 Å². The molecule has 0 fully saturated rings. The maximum absolute atomic E-state index is 10.6. The molecule has 0 amide bonds. The standard InChI is InChI=1S/C27H33NO4/c1-17(2)5-4-6-18(3)9-11-28-12-10-20-14-25(30)26(31)15-21(20)23(28)13-19-7-8-24(29)27(32)22(19)16-28/h5,7-9,14-15,23H,4,6,10-13,16H2,1-3H3,(H3-,29,30,31,32)/p+1/b18-9+/t23-,28+/m0/s1. The fourth-order valence-corrected chi connectivity index (χ4v) is 5.32. The van der Waals surface area contributed by atoms with Gasteiger partial charge in [0.1, 0.15) is 12.6 Å². The molecule has 2 aliphatic rings. The number of benzene rings is 2. The molecular formula is C27H34NO4+. The Morgan fingerprint density at radius 2 is 1.72 bits per heavy atom. The van der Waals surface area contributed by atoms with Gasteiger partial charge in [-0.15, -0.1) is 0 Å². The summed E-state index contributed by atoms with van der Waals surface area (Å²) < 4.78 is 0.737. The second-order valence-electron chi connectivity index (χ2n) is 9.73. The first-order valence-corrected chi connectivity index (χ1v) is 11.4. The van der Waals surface area contributed by atoms with Gasteiger partial charge in [0.25, 0.3) is 0 Å². The number of phenolic OH excluding ortho intramolecular Hbond substituents is 4. The fourth-order valence-electron chi connectivity index (χ4n) is 5.32. The second-order valence-corrected chi connectivity index (χ2v) is 9.73. The van der Waals surface area contributed by atoms with Crippen molar-refractivity contribution in [2.24, 2.45) is 0 Å². The quantitative estimate of drug-likeness (QED) is 0.288. The summed E-state index contributed by atoms with van der Waals surface area (Å²) in [6.45, 7) is 8.73. The van der Waals surface area contributed by atoms with E-state index in [0.717, 1.165) is 59.1 Å². The van der Waals surface area contributed by atoms with E-state index in [2.05, 4.69) is 32.9 Å². The molecule has 0 unspecified atom stereocenters. The number of hydrogen-bond acceptors (Lipinski definition) is 4. The lowest BCUT2D eigenvalue weighted by Crippen LogP contribution is -2.56. The highest BCUT2D eigenvalue weighted by molar-refractivity contribution is 5.52. The molecule has 0 spiro atoms. The van der Waals surface area contributed by atoms with Crippen LogP contribution >= 0.6 is 0 Å². The summed E-state index contributed by atoms with van der Waals surface area (Å²) in [7, 11) is 0. The Hall–Kier alpha value is -2.92. The normalized spacial score (nSPS) is 22.0. The molecule has 4 rings (SSSR count). The highest BCUT2D eigenvalue weighted by atomic mass is 16.3. The molecule has 0 aromatic heterocycles. The Labute approximate surface area is 190 Å². The van der Waals surface area contributed by atoms with Crippen molar-refractivity contribution in [3.05, 3.63) is 69.8 Å². The van der Waals surface area contributed by atoms with Gasteiger partial charge in [-0.25, -0.2) is 0 Å². The average molecular weight is 437 g/mol. The van der Waals surface area contributed by atoms with Crippen LogP contribution in [0, 0.1) is 0 Å². The van der Waals surface area contributed by atoms with Gasteiger partial charge in [0, 0.05) is 18.4 Å². The molecule has 0 radical (unpaired) electrons. The van der Waals surface area contributed by atoms with Crippen molar-refractivity contribution in [2.75, 3.05) is 13.1 Å². The Morgan fingerprint density at radius 1 is 0.969 bits per heavy atom. The van der Waals surface area contributed by atoms with Crippen molar-refractivity contribution < 1.29 is 24.9 Å². The first kappa shape index (κ1) is 22.3. The van der Waals surface area contributed by atoms with Crippen LogP contribution in [0.5, 0.6) is 23.0 Å². The number of nitrogens with zero attached hydrogens (tertiary/aromatic N) is 1. The van der Waals surface area contributed by atoms with Crippen molar-refractivity contribution in [3.63, 3.8) is 0 Å². The lowest BCUT2D eigenvalue weighted by atomic mass is 9.80. The molecule has 2 heterocycles. The molecule has 4 N–H and O–H groups in total. The number of rotatable bonds is 5. The zero-order valence-corrected chi connectivity index (χ0v) is 19.2. The summed E-state index contributed by atoms with van der Waals surface area (Å²) in [4.78, 5) is 0. The Kier molecular flexibility index (Phi) is 5.95. The molecule has 0 saturated carbocycles. The summed E-state index contributed by atoms with van der Waals surface area (Å²) >= 11 is 0. The number of hydrogen-bond donors (Lipinski definition) is 4. The molecule has 32 heavy (non-hydrogen) atoms. The molecule has 2 atom stereocenters. The average Bonchev–Trinajstić information content (AvgIpc) is 2.75. The third kappa shape index (κ3) is 4.09. The highest BCUT2D eigenvalue weighted by Crippen LogP contribution is 2.49. The number of quaternary nitrogens is 1. The van der Waals surface area contributed by atoms with Gasteiger partial charge >= 0.3 is 0 Å². The van der Waals surface area contributed by atoms with Gasteiger partial charge in [-0.2, -0.15) is 0 Å². The first-order valence-electron chi connectivity index (χ1n) is 11.4. The minimum Gasteiger partial charge on any atom is -0.504 e. The zero-order valence-electron chi connectivity index (χ0n) is 19.2. The molecule has 2 aliphatic heterocycles. The Balaban J connectivity index is 1.73. The summed E-state index contributed by atoms with van der Waals surface area (Å²) in [6.07, 6.45) is 8.13. The number of aromatic hydroxyl groups is 4. The monoisotopic (exact) mass is 436 g/mol. The third-order valence-corrected chi connectivity index (χ3v) is 7.22. The van der Waals surface area contributed by atoms with Crippen molar-refractivity contribution in [1.29, 1.82) is 0 Å². The predicted molar refractivity (Wildman–Crippen MR) is 126 cm³/mol.